The van der Waals surface area contributed by atoms with Crippen LogP contribution in [0.3, 0.4) is 0 Å². The number of aromatic nitrogens is 1. The Morgan fingerprint density at radius 2 is 2.15 bits per heavy atom. The van der Waals surface area contributed by atoms with Gasteiger partial charge in [0, 0.05) is 17.0 Å². The van der Waals surface area contributed by atoms with Crippen LogP contribution in [0.1, 0.15) is 47.6 Å². The molecule has 1 aromatic carbocycles. The van der Waals surface area contributed by atoms with Gasteiger partial charge in [0.1, 0.15) is 0 Å². The number of anilines is 2. The minimum absolute atomic E-state index is 0.155. The predicted molar refractivity (Wildman–Crippen MR) is 106 cm³/mol. The van der Waals surface area contributed by atoms with Gasteiger partial charge >= 0.3 is 0 Å². The second kappa shape index (κ2) is 7.75. The molecule has 0 bridgehead atoms. The van der Waals surface area contributed by atoms with Gasteiger partial charge < -0.3 is 0 Å². The molecule has 8 heteroatoms. The zero-order chi connectivity index (χ0) is 18.7. The Hall–Kier alpha value is -1.93. The van der Waals surface area contributed by atoms with Crippen molar-refractivity contribution in [3.63, 3.8) is 0 Å². The number of carbonyl (C=O) groups is 1. The fourth-order valence-electron chi connectivity index (χ4n) is 3.05. The van der Waals surface area contributed by atoms with Crippen LogP contribution in [-0.2, 0) is 22.9 Å². The van der Waals surface area contributed by atoms with E-state index < -0.39 is 10.0 Å². The Kier molecular flexibility index (Phi) is 5.62. The number of carbonyl (C=O) groups excluding carboxylic acids is 1. The fraction of sp³-hybridized carbons (Fsp3) is 0.444. The van der Waals surface area contributed by atoms with Crippen LogP contribution in [0.25, 0.3) is 0 Å². The zero-order valence-electron chi connectivity index (χ0n) is 15.0. The SMILES string of the molecule is CCCc1nc(NC(=O)c2cccc(N3CCCS3(=O)=O)c2)sc1CC. The molecular weight excluding hydrogens is 370 g/mol. The summed E-state index contributed by atoms with van der Waals surface area (Å²) in [5.41, 5.74) is 2.01. The third-order valence-electron chi connectivity index (χ3n) is 4.30. The van der Waals surface area contributed by atoms with Gasteiger partial charge in [-0.2, -0.15) is 0 Å². The normalized spacial score (nSPS) is 16.0. The van der Waals surface area contributed by atoms with Crippen molar-refractivity contribution < 1.29 is 13.2 Å². The summed E-state index contributed by atoms with van der Waals surface area (Å²) < 4.78 is 25.5. The molecule has 0 unspecified atom stereocenters. The lowest BCUT2D eigenvalue weighted by Crippen LogP contribution is -2.25. The molecule has 26 heavy (non-hydrogen) atoms. The number of nitrogens with zero attached hydrogens (tertiary/aromatic N) is 2. The highest BCUT2D eigenvalue weighted by Crippen LogP contribution is 2.27. The van der Waals surface area contributed by atoms with Gasteiger partial charge in [-0.05, 0) is 37.5 Å². The Morgan fingerprint density at radius 3 is 2.81 bits per heavy atom. The number of sulfonamides is 1. The fourth-order valence-corrected chi connectivity index (χ4v) is 5.55. The number of hydrogen-bond donors (Lipinski definition) is 1. The average molecular weight is 394 g/mol. The predicted octanol–water partition coefficient (Wildman–Crippen LogP) is 3.45. The number of hydrogen-bond acceptors (Lipinski definition) is 5. The molecule has 0 spiro atoms. The van der Waals surface area contributed by atoms with Gasteiger partial charge in [0.2, 0.25) is 10.0 Å². The Labute approximate surface area is 158 Å². The monoisotopic (exact) mass is 393 g/mol. The topological polar surface area (TPSA) is 79.4 Å². The molecule has 1 saturated heterocycles. The first-order chi connectivity index (χ1) is 12.4. The van der Waals surface area contributed by atoms with E-state index in [0.717, 1.165) is 25.0 Å². The van der Waals surface area contributed by atoms with Gasteiger partial charge in [-0.25, -0.2) is 13.4 Å². The lowest BCUT2D eigenvalue weighted by atomic mass is 10.2. The maximum absolute atomic E-state index is 12.6. The van der Waals surface area contributed by atoms with Crippen LogP contribution in [-0.4, -0.2) is 31.6 Å². The largest absolute Gasteiger partial charge is 0.298 e. The maximum Gasteiger partial charge on any atom is 0.257 e. The molecule has 0 saturated carbocycles. The lowest BCUT2D eigenvalue weighted by molar-refractivity contribution is 0.102. The second-order valence-corrected chi connectivity index (χ2v) is 9.34. The first kappa shape index (κ1) is 18.8. The molecule has 0 radical (unpaired) electrons. The Balaban J connectivity index is 1.79. The zero-order valence-corrected chi connectivity index (χ0v) is 16.6. The molecule has 2 heterocycles. The summed E-state index contributed by atoms with van der Waals surface area (Å²) in [7, 11) is -3.26. The number of benzene rings is 1. The Bertz CT molecular complexity index is 906. The second-order valence-electron chi connectivity index (χ2n) is 6.24. The van der Waals surface area contributed by atoms with E-state index in [1.165, 1.54) is 20.5 Å². The summed E-state index contributed by atoms with van der Waals surface area (Å²) in [4.78, 5) is 18.3. The van der Waals surface area contributed by atoms with Crippen molar-refractivity contribution in [3.05, 3.63) is 40.4 Å². The van der Waals surface area contributed by atoms with Gasteiger partial charge in [0.05, 0.1) is 17.1 Å². The number of aryl methyl sites for hydroxylation is 2. The summed E-state index contributed by atoms with van der Waals surface area (Å²) in [6, 6.07) is 6.74. The van der Waals surface area contributed by atoms with Crippen LogP contribution in [0, 0.1) is 0 Å². The van der Waals surface area contributed by atoms with Gasteiger partial charge in [-0.1, -0.05) is 26.3 Å². The molecule has 2 aromatic rings. The molecule has 1 fully saturated rings. The van der Waals surface area contributed by atoms with E-state index in [-0.39, 0.29) is 11.7 Å². The van der Waals surface area contributed by atoms with Crippen LogP contribution < -0.4 is 9.62 Å². The molecule has 6 nitrogen and oxygen atoms in total. The molecule has 1 aromatic heterocycles. The van der Waals surface area contributed by atoms with Gasteiger partial charge in [0.15, 0.2) is 5.13 Å². The van der Waals surface area contributed by atoms with Crippen LogP contribution in [0.5, 0.6) is 0 Å². The van der Waals surface area contributed by atoms with Crippen LogP contribution in [0.2, 0.25) is 0 Å². The van der Waals surface area contributed by atoms with Gasteiger partial charge in [-0.15, -0.1) is 11.3 Å². The molecule has 0 aliphatic carbocycles. The maximum atomic E-state index is 12.6. The first-order valence-electron chi connectivity index (χ1n) is 8.85. The molecule has 140 valence electrons. The number of rotatable bonds is 6. The van der Waals surface area contributed by atoms with E-state index in [0.29, 0.717) is 29.3 Å². The van der Waals surface area contributed by atoms with Crippen molar-refractivity contribution in [1.82, 2.24) is 4.98 Å². The van der Waals surface area contributed by atoms with E-state index in [2.05, 4.69) is 24.1 Å². The molecule has 1 N–H and O–H groups in total. The van der Waals surface area contributed by atoms with Gasteiger partial charge in [-0.3, -0.25) is 14.4 Å². The summed E-state index contributed by atoms with van der Waals surface area (Å²) >= 11 is 1.50. The van der Waals surface area contributed by atoms with Crippen LogP contribution in [0.4, 0.5) is 10.8 Å². The quantitative estimate of drug-likeness (QED) is 0.815. The van der Waals surface area contributed by atoms with E-state index in [4.69, 9.17) is 0 Å². The summed E-state index contributed by atoms with van der Waals surface area (Å²) in [5.74, 6) is -0.120. The third kappa shape index (κ3) is 3.91. The van der Waals surface area contributed by atoms with E-state index in [1.807, 2.05) is 0 Å². The summed E-state index contributed by atoms with van der Waals surface area (Å²) in [6.45, 7) is 4.65. The third-order valence-corrected chi connectivity index (χ3v) is 7.33. The average Bonchev–Trinajstić information content (AvgIpc) is 3.17. The number of nitrogens with one attached hydrogen (secondary N) is 1. The van der Waals surface area contributed by atoms with Gasteiger partial charge in [0.25, 0.3) is 5.91 Å². The van der Waals surface area contributed by atoms with Crippen molar-refractivity contribution >= 4 is 38.1 Å². The number of amides is 1. The highest BCUT2D eigenvalue weighted by atomic mass is 32.2. The highest BCUT2D eigenvalue weighted by molar-refractivity contribution is 7.93. The smallest absolute Gasteiger partial charge is 0.257 e. The lowest BCUT2D eigenvalue weighted by Gasteiger charge is -2.17. The van der Waals surface area contributed by atoms with E-state index in [1.54, 1.807) is 24.3 Å². The standard InChI is InChI=1S/C18H23N3O3S2/c1-3-7-15-16(4-2)25-18(19-15)20-17(22)13-8-5-9-14(12-13)21-10-6-11-26(21,23)24/h5,8-9,12H,3-4,6-7,10-11H2,1-2H3,(H,19,20,22). The minimum Gasteiger partial charge on any atom is -0.298 e. The summed E-state index contributed by atoms with van der Waals surface area (Å²) in [5, 5.41) is 3.44. The first-order valence-corrected chi connectivity index (χ1v) is 11.3. The van der Waals surface area contributed by atoms with Crippen molar-refractivity contribution in [2.45, 2.75) is 39.5 Å². The van der Waals surface area contributed by atoms with Crippen LogP contribution >= 0.6 is 11.3 Å². The summed E-state index contributed by atoms with van der Waals surface area (Å²) in [6.07, 6.45) is 3.41. The molecular formula is C18H23N3O3S2. The van der Waals surface area contributed by atoms with E-state index >= 15 is 0 Å². The molecule has 1 amide bonds. The van der Waals surface area contributed by atoms with Crippen molar-refractivity contribution in [2.75, 3.05) is 21.9 Å². The van der Waals surface area contributed by atoms with Crippen molar-refractivity contribution in [3.8, 4) is 0 Å². The molecule has 0 atom stereocenters. The van der Waals surface area contributed by atoms with Crippen LogP contribution in [0.15, 0.2) is 24.3 Å². The van der Waals surface area contributed by atoms with Crippen molar-refractivity contribution in [2.24, 2.45) is 0 Å². The molecule has 1 aliphatic heterocycles. The van der Waals surface area contributed by atoms with E-state index in [9.17, 15) is 13.2 Å². The Morgan fingerprint density at radius 1 is 1.35 bits per heavy atom. The molecule has 3 rings (SSSR count). The highest BCUT2D eigenvalue weighted by Gasteiger charge is 2.28. The molecule has 1 aliphatic rings. The minimum atomic E-state index is -3.26. The number of thiazole rings is 1. The van der Waals surface area contributed by atoms with Crippen molar-refractivity contribution in [1.29, 1.82) is 0 Å².